The Morgan fingerprint density at radius 3 is 2.60 bits per heavy atom. The van der Waals surface area contributed by atoms with Crippen LogP contribution in [0.3, 0.4) is 0 Å². The third-order valence-electron chi connectivity index (χ3n) is 3.98. The van der Waals surface area contributed by atoms with Gasteiger partial charge in [0.2, 0.25) is 0 Å². The van der Waals surface area contributed by atoms with Crippen molar-refractivity contribution in [1.82, 2.24) is 9.88 Å². The summed E-state index contributed by atoms with van der Waals surface area (Å²) < 4.78 is 2.41. The van der Waals surface area contributed by atoms with Gasteiger partial charge in [0.15, 0.2) is 0 Å². The van der Waals surface area contributed by atoms with Gasteiger partial charge in [-0.1, -0.05) is 18.2 Å². The number of carbonyl (C=O) groups is 1. The molecule has 20 heavy (non-hydrogen) atoms. The largest absolute Gasteiger partial charge is 0.348 e. The van der Waals surface area contributed by atoms with E-state index in [9.17, 15) is 4.79 Å². The van der Waals surface area contributed by atoms with E-state index < -0.39 is 0 Å². The molecule has 0 atom stereocenters. The van der Waals surface area contributed by atoms with Gasteiger partial charge in [-0.3, -0.25) is 4.79 Å². The maximum atomic E-state index is 12.0. The Labute approximate surface area is 119 Å². The number of nitrogens with one attached hydrogen (secondary N) is 1. The molecule has 1 aliphatic carbocycles. The van der Waals surface area contributed by atoms with Crippen molar-refractivity contribution < 1.29 is 4.79 Å². The molecule has 0 saturated heterocycles. The fourth-order valence-corrected chi connectivity index (χ4v) is 2.79. The summed E-state index contributed by atoms with van der Waals surface area (Å²) in [4.78, 5) is 12.0. The topological polar surface area (TPSA) is 34.0 Å². The number of aromatic nitrogens is 1. The Kier molecular flexibility index (Phi) is 3.35. The number of hydrogen-bond donors (Lipinski definition) is 1. The summed E-state index contributed by atoms with van der Waals surface area (Å²) in [6.07, 6.45) is 2.57. The number of rotatable bonds is 4. The Morgan fingerprint density at radius 1 is 1.25 bits per heavy atom. The summed E-state index contributed by atoms with van der Waals surface area (Å²) in [5.74, 6) is -0.0122. The number of benzene rings is 1. The lowest BCUT2D eigenvalue weighted by Gasteiger charge is -2.08. The third kappa shape index (κ3) is 2.48. The molecule has 1 saturated carbocycles. The van der Waals surface area contributed by atoms with Crippen LogP contribution in [0.2, 0.25) is 0 Å². The lowest BCUT2D eigenvalue weighted by molar-refractivity contribution is 0.0951. The zero-order valence-corrected chi connectivity index (χ0v) is 12.0. The van der Waals surface area contributed by atoms with Crippen LogP contribution in [-0.4, -0.2) is 10.5 Å². The van der Waals surface area contributed by atoms with Gasteiger partial charge in [0.1, 0.15) is 0 Å². The van der Waals surface area contributed by atoms with Crippen molar-refractivity contribution >= 4 is 5.91 Å². The van der Waals surface area contributed by atoms with Gasteiger partial charge < -0.3 is 9.88 Å². The molecule has 1 aliphatic rings. The quantitative estimate of drug-likeness (QED) is 0.906. The maximum absolute atomic E-state index is 12.0. The van der Waals surface area contributed by atoms with Gasteiger partial charge in [0.05, 0.1) is 0 Å². The van der Waals surface area contributed by atoms with E-state index in [2.05, 4.69) is 29.8 Å². The number of carbonyl (C=O) groups excluding carboxylic acids is 1. The lowest BCUT2D eigenvalue weighted by atomic mass is 10.2. The second-order valence-electron chi connectivity index (χ2n) is 5.55. The molecule has 1 aromatic heterocycles. The fraction of sp³-hybridized carbons (Fsp3) is 0.353. The van der Waals surface area contributed by atoms with E-state index in [0.29, 0.717) is 18.2 Å². The average Bonchev–Trinajstić information content (AvgIpc) is 3.24. The van der Waals surface area contributed by atoms with Crippen molar-refractivity contribution in [2.24, 2.45) is 0 Å². The zero-order valence-electron chi connectivity index (χ0n) is 12.0. The minimum atomic E-state index is -0.0122. The summed E-state index contributed by atoms with van der Waals surface area (Å²) in [6.45, 7) is 4.89. The fourth-order valence-electron chi connectivity index (χ4n) is 2.79. The smallest absolute Gasteiger partial charge is 0.251 e. The molecule has 3 nitrogen and oxygen atoms in total. The molecule has 0 bridgehead atoms. The van der Waals surface area contributed by atoms with Crippen LogP contribution in [0.25, 0.3) is 0 Å². The Balaban J connectivity index is 1.70. The maximum Gasteiger partial charge on any atom is 0.251 e. The van der Waals surface area contributed by atoms with E-state index >= 15 is 0 Å². The molecular formula is C17H20N2O. The minimum absolute atomic E-state index is 0.0122. The molecule has 0 spiro atoms. The van der Waals surface area contributed by atoms with Gasteiger partial charge in [0, 0.05) is 29.5 Å². The van der Waals surface area contributed by atoms with Crippen molar-refractivity contribution in [3.8, 4) is 0 Å². The highest BCUT2D eigenvalue weighted by molar-refractivity contribution is 5.94. The third-order valence-corrected chi connectivity index (χ3v) is 3.98. The van der Waals surface area contributed by atoms with E-state index in [4.69, 9.17) is 0 Å². The molecular weight excluding hydrogens is 248 g/mol. The average molecular weight is 268 g/mol. The van der Waals surface area contributed by atoms with Crippen molar-refractivity contribution in [3.05, 3.63) is 58.9 Å². The molecule has 0 unspecified atom stereocenters. The van der Waals surface area contributed by atoms with Gasteiger partial charge in [-0.05, 0) is 50.5 Å². The van der Waals surface area contributed by atoms with Gasteiger partial charge in [-0.25, -0.2) is 0 Å². The molecule has 0 aliphatic heterocycles. The summed E-state index contributed by atoms with van der Waals surface area (Å²) in [6, 6.07) is 12.2. The molecule has 2 aromatic rings. The van der Waals surface area contributed by atoms with Crippen LogP contribution >= 0.6 is 0 Å². The minimum Gasteiger partial charge on any atom is -0.348 e. The molecule has 3 heteroatoms. The van der Waals surface area contributed by atoms with Crippen LogP contribution in [0, 0.1) is 13.8 Å². The predicted molar refractivity (Wildman–Crippen MR) is 79.8 cm³/mol. The predicted octanol–water partition coefficient (Wildman–Crippen LogP) is 3.37. The Bertz CT molecular complexity index is 624. The highest BCUT2D eigenvalue weighted by Gasteiger charge is 2.26. The summed E-state index contributed by atoms with van der Waals surface area (Å²) in [7, 11) is 0. The number of nitrogens with zero attached hydrogens (tertiary/aromatic N) is 1. The zero-order chi connectivity index (χ0) is 14.1. The van der Waals surface area contributed by atoms with E-state index in [1.165, 1.54) is 29.8 Å². The van der Waals surface area contributed by atoms with Gasteiger partial charge in [-0.15, -0.1) is 0 Å². The molecule has 3 rings (SSSR count). The van der Waals surface area contributed by atoms with E-state index in [1.54, 1.807) is 0 Å². The molecule has 0 radical (unpaired) electrons. The van der Waals surface area contributed by atoms with Crippen LogP contribution in [-0.2, 0) is 6.54 Å². The highest BCUT2D eigenvalue weighted by Crippen LogP contribution is 2.38. The van der Waals surface area contributed by atoms with E-state index in [0.717, 1.165) is 0 Å². The summed E-state index contributed by atoms with van der Waals surface area (Å²) >= 11 is 0. The highest BCUT2D eigenvalue weighted by atomic mass is 16.1. The van der Waals surface area contributed by atoms with Gasteiger partial charge >= 0.3 is 0 Å². The van der Waals surface area contributed by atoms with Crippen LogP contribution in [0.4, 0.5) is 0 Å². The molecule has 1 heterocycles. The first kappa shape index (κ1) is 13.0. The van der Waals surface area contributed by atoms with E-state index in [-0.39, 0.29) is 5.91 Å². The summed E-state index contributed by atoms with van der Waals surface area (Å²) in [5, 5.41) is 3.00. The van der Waals surface area contributed by atoms with Gasteiger partial charge in [0.25, 0.3) is 5.91 Å². The number of amides is 1. The molecule has 1 amide bonds. The Morgan fingerprint density at radius 2 is 1.95 bits per heavy atom. The van der Waals surface area contributed by atoms with Crippen LogP contribution in [0.5, 0.6) is 0 Å². The monoisotopic (exact) mass is 268 g/mol. The van der Waals surface area contributed by atoms with Crippen LogP contribution in [0.1, 0.15) is 46.2 Å². The second-order valence-corrected chi connectivity index (χ2v) is 5.55. The first-order valence-electron chi connectivity index (χ1n) is 7.17. The normalized spacial score (nSPS) is 14.3. The first-order valence-corrected chi connectivity index (χ1v) is 7.17. The van der Waals surface area contributed by atoms with E-state index in [1.807, 2.05) is 30.3 Å². The molecule has 1 N–H and O–H groups in total. The van der Waals surface area contributed by atoms with Crippen molar-refractivity contribution in [3.63, 3.8) is 0 Å². The second kappa shape index (κ2) is 5.16. The lowest BCUT2D eigenvalue weighted by Crippen LogP contribution is -2.22. The SMILES string of the molecule is Cc1cc(CNC(=O)c2ccccc2)c(C)n1C1CC1. The van der Waals surface area contributed by atoms with Crippen molar-refractivity contribution in [2.75, 3.05) is 0 Å². The Hall–Kier alpha value is -2.03. The van der Waals surface area contributed by atoms with Crippen LogP contribution < -0.4 is 5.32 Å². The van der Waals surface area contributed by atoms with Gasteiger partial charge in [-0.2, -0.15) is 0 Å². The standard InChI is InChI=1S/C17H20N2O/c1-12-10-15(13(2)19(12)16-8-9-16)11-18-17(20)14-6-4-3-5-7-14/h3-7,10,16H,8-9,11H2,1-2H3,(H,18,20). The summed E-state index contributed by atoms with van der Waals surface area (Å²) in [5.41, 5.74) is 4.52. The number of aryl methyl sites for hydroxylation is 1. The van der Waals surface area contributed by atoms with Crippen molar-refractivity contribution in [2.45, 2.75) is 39.3 Å². The van der Waals surface area contributed by atoms with Crippen molar-refractivity contribution in [1.29, 1.82) is 0 Å². The molecule has 104 valence electrons. The first-order chi connectivity index (χ1) is 9.66. The van der Waals surface area contributed by atoms with Crippen LogP contribution in [0.15, 0.2) is 36.4 Å². The number of hydrogen-bond acceptors (Lipinski definition) is 1. The molecule has 1 fully saturated rings. The molecule has 1 aromatic carbocycles.